The first-order valence-electron chi connectivity index (χ1n) is 5.75. The maximum Gasteiger partial charge on any atom is 0.122 e. The van der Waals surface area contributed by atoms with Gasteiger partial charge in [0.15, 0.2) is 0 Å². The third-order valence-corrected chi connectivity index (χ3v) is 2.39. The van der Waals surface area contributed by atoms with Crippen LogP contribution in [0.5, 0.6) is 5.75 Å². The fourth-order valence-corrected chi connectivity index (χ4v) is 1.45. The zero-order chi connectivity index (χ0) is 11.8. The molecule has 0 saturated heterocycles. The van der Waals surface area contributed by atoms with E-state index in [-0.39, 0.29) is 6.61 Å². The fourth-order valence-electron chi connectivity index (χ4n) is 1.45. The summed E-state index contributed by atoms with van der Waals surface area (Å²) in [6.45, 7) is 6.56. The Kier molecular flexibility index (Phi) is 5.90. The van der Waals surface area contributed by atoms with Crippen molar-refractivity contribution >= 4 is 0 Å². The molecule has 0 radical (unpaired) electrons. The fraction of sp³-hybridized carbons (Fsp3) is 0.538. The molecule has 0 fully saturated rings. The molecule has 3 nitrogen and oxygen atoms in total. The smallest absolute Gasteiger partial charge is 0.122 e. The summed E-state index contributed by atoms with van der Waals surface area (Å²) < 4.78 is 5.70. The van der Waals surface area contributed by atoms with Crippen molar-refractivity contribution in [1.29, 1.82) is 0 Å². The summed E-state index contributed by atoms with van der Waals surface area (Å²) in [5.41, 5.74) is 2.40. The Labute approximate surface area is 97.4 Å². The lowest BCUT2D eigenvalue weighted by atomic mass is 10.1. The van der Waals surface area contributed by atoms with Crippen molar-refractivity contribution in [2.24, 2.45) is 0 Å². The van der Waals surface area contributed by atoms with Crippen molar-refractivity contribution < 1.29 is 9.84 Å². The highest BCUT2D eigenvalue weighted by Gasteiger charge is 1.99. The number of hydrogen-bond donors (Lipinski definition) is 2. The van der Waals surface area contributed by atoms with E-state index in [1.54, 1.807) is 0 Å². The second kappa shape index (κ2) is 7.25. The summed E-state index contributed by atoms with van der Waals surface area (Å²) in [7, 11) is 0. The van der Waals surface area contributed by atoms with Gasteiger partial charge in [0.25, 0.3) is 0 Å². The lowest BCUT2D eigenvalue weighted by molar-refractivity contribution is 0.281. The van der Waals surface area contributed by atoms with Crippen LogP contribution in [-0.2, 0) is 0 Å². The number of rotatable bonds is 7. The van der Waals surface area contributed by atoms with Gasteiger partial charge in [-0.3, -0.25) is 0 Å². The molecule has 0 heterocycles. The van der Waals surface area contributed by atoms with Gasteiger partial charge in [-0.05, 0) is 44.0 Å². The Morgan fingerprint density at radius 1 is 1.25 bits per heavy atom. The highest BCUT2D eigenvalue weighted by Crippen LogP contribution is 2.18. The molecule has 0 spiro atoms. The summed E-state index contributed by atoms with van der Waals surface area (Å²) >= 11 is 0. The van der Waals surface area contributed by atoms with Crippen LogP contribution in [-0.4, -0.2) is 31.4 Å². The number of ether oxygens (including phenoxy) is 1. The van der Waals surface area contributed by atoms with E-state index < -0.39 is 0 Å². The molecule has 0 aliphatic rings. The van der Waals surface area contributed by atoms with E-state index in [4.69, 9.17) is 9.84 Å². The molecular weight excluding hydrogens is 202 g/mol. The Balaban J connectivity index is 2.23. The Hall–Kier alpha value is -1.06. The van der Waals surface area contributed by atoms with Gasteiger partial charge >= 0.3 is 0 Å². The molecule has 0 atom stereocenters. The predicted molar refractivity (Wildman–Crippen MR) is 66.0 cm³/mol. The highest BCUT2D eigenvalue weighted by molar-refractivity contribution is 5.35. The van der Waals surface area contributed by atoms with E-state index in [1.807, 2.05) is 0 Å². The van der Waals surface area contributed by atoms with Crippen LogP contribution < -0.4 is 10.1 Å². The minimum atomic E-state index is 0.192. The van der Waals surface area contributed by atoms with Crippen molar-refractivity contribution in [3.05, 3.63) is 29.3 Å². The summed E-state index contributed by atoms with van der Waals surface area (Å²) in [6, 6.07) is 6.23. The van der Waals surface area contributed by atoms with Gasteiger partial charge in [-0.2, -0.15) is 0 Å². The molecule has 90 valence electrons. The second-order valence-electron chi connectivity index (χ2n) is 3.94. The molecule has 0 bridgehead atoms. The monoisotopic (exact) mass is 223 g/mol. The number of aliphatic hydroxyl groups excluding tert-OH is 1. The molecule has 0 unspecified atom stereocenters. The van der Waals surface area contributed by atoms with Gasteiger partial charge in [0, 0.05) is 6.54 Å². The van der Waals surface area contributed by atoms with E-state index in [1.165, 1.54) is 11.1 Å². The van der Waals surface area contributed by atoms with Crippen molar-refractivity contribution in [3.63, 3.8) is 0 Å². The number of aryl methyl sites for hydroxylation is 2. The number of benzene rings is 1. The van der Waals surface area contributed by atoms with Crippen LogP contribution in [0, 0.1) is 13.8 Å². The van der Waals surface area contributed by atoms with Crippen molar-refractivity contribution in [2.75, 3.05) is 26.3 Å². The molecule has 2 N–H and O–H groups in total. The Morgan fingerprint density at radius 3 is 2.81 bits per heavy atom. The number of hydrogen-bond acceptors (Lipinski definition) is 3. The van der Waals surface area contributed by atoms with Gasteiger partial charge in [0.05, 0.1) is 13.2 Å². The van der Waals surface area contributed by atoms with Gasteiger partial charge in [-0.15, -0.1) is 0 Å². The van der Waals surface area contributed by atoms with Gasteiger partial charge in [-0.1, -0.05) is 12.1 Å². The molecule has 0 aliphatic carbocycles. The maximum absolute atomic E-state index is 8.57. The third kappa shape index (κ3) is 4.64. The van der Waals surface area contributed by atoms with Gasteiger partial charge in [0.1, 0.15) is 5.75 Å². The first-order valence-corrected chi connectivity index (χ1v) is 5.75. The van der Waals surface area contributed by atoms with E-state index >= 15 is 0 Å². The molecule has 1 aromatic carbocycles. The molecule has 3 heteroatoms. The first-order chi connectivity index (χ1) is 7.74. The molecule has 0 aromatic heterocycles. The van der Waals surface area contributed by atoms with E-state index in [2.05, 4.69) is 37.4 Å². The number of nitrogens with one attached hydrogen (secondary N) is 1. The topological polar surface area (TPSA) is 41.5 Å². The lowest BCUT2D eigenvalue weighted by Crippen LogP contribution is -2.20. The molecule has 1 aromatic rings. The Bertz CT molecular complexity index is 313. The van der Waals surface area contributed by atoms with Crippen LogP contribution in [0.2, 0.25) is 0 Å². The standard InChI is InChI=1S/C13H21NO2/c1-11-4-5-12(2)13(10-11)16-9-3-6-14-7-8-15/h4-5,10,14-15H,3,6-9H2,1-2H3. The highest BCUT2D eigenvalue weighted by atomic mass is 16.5. The maximum atomic E-state index is 8.57. The quantitative estimate of drug-likeness (QED) is 0.691. The average Bonchev–Trinajstić information content (AvgIpc) is 2.28. The predicted octanol–water partition coefficient (Wildman–Crippen LogP) is 1.65. The van der Waals surface area contributed by atoms with E-state index in [0.29, 0.717) is 13.2 Å². The molecule has 0 saturated carbocycles. The molecular formula is C13H21NO2. The van der Waals surface area contributed by atoms with Crippen LogP contribution >= 0.6 is 0 Å². The normalized spacial score (nSPS) is 10.4. The van der Waals surface area contributed by atoms with E-state index in [0.717, 1.165) is 18.7 Å². The largest absolute Gasteiger partial charge is 0.493 e. The lowest BCUT2D eigenvalue weighted by Gasteiger charge is -2.10. The van der Waals surface area contributed by atoms with Gasteiger partial charge < -0.3 is 15.2 Å². The minimum absolute atomic E-state index is 0.192. The summed E-state index contributed by atoms with van der Waals surface area (Å²) in [6.07, 6.45) is 0.952. The third-order valence-electron chi connectivity index (χ3n) is 2.39. The van der Waals surface area contributed by atoms with Crippen LogP contribution in [0.1, 0.15) is 17.5 Å². The molecule has 1 rings (SSSR count). The number of aliphatic hydroxyl groups is 1. The zero-order valence-corrected chi connectivity index (χ0v) is 10.1. The van der Waals surface area contributed by atoms with Crippen molar-refractivity contribution in [3.8, 4) is 5.75 Å². The Morgan fingerprint density at radius 2 is 2.06 bits per heavy atom. The van der Waals surface area contributed by atoms with Gasteiger partial charge in [-0.25, -0.2) is 0 Å². The minimum Gasteiger partial charge on any atom is -0.493 e. The van der Waals surface area contributed by atoms with Crippen LogP contribution in [0.3, 0.4) is 0 Å². The van der Waals surface area contributed by atoms with Gasteiger partial charge in [0.2, 0.25) is 0 Å². The average molecular weight is 223 g/mol. The SMILES string of the molecule is Cc1ccc(C)c(OCCCNCCO)c1. The summed E-state index contributed by atoms with van der Waals surface area (Å²) in [5.74, 6) is 0.974. The molecule has 0 amide bonds. The van der Waals surface area contributed by atoms with Crippen molar-refractivity contribution in [1.82, 2.24) is 5.32 Å². The zero-order valence-electron chi connectivity index (χ0n) is 10.1. The second-order valence-corrected chi connectivity index (χ2v) is 3.94. The first kappa shape index (κ1) is 13.0. The molecule has 16 heavy (non-hydrogen) atoms. The van der Waals surface area contributed by atoms with E-state index in [9.17, 15) is 0 Å². The summed E-state index contributed by atoms with van der Waals surface area (Å²) in [5, 5.41) is 11.7. The van der Waals surface area contributed by atoms with Crippen LogP contribution in [0.25, 0.3) is 0 Å². The summed E-state index contributed by atoms with van der Waals surface area (Å²) in [4.78, 5) is 0. The molecule has 0 aliphatic heterocycles. The van der Waals surface area contributed by atoms with Crippen LogP contribution in [0.15, 0.2) is 18.2 Å². The van der Waals surface area contributed by atoms with Crippen molar-refractivity contribution in [2.45, 2.75) is 20.3 Å². The van der Waals surface area contributed by atoms with Crippen LogP contribution in [0.4, 0.5) is 0 Å².